The molecule has 0 aromatic heterocycles. The van der Waals surface area contributed by atoms with E-state index in [1.165, 1.54) is 51.4 Å². The van der Waals surface area contributed by atoms with Crippen LogP contribution in [0, 0.1) is 64.1 Å². The van der Waals surface area contributed by atoms with Crippen LogP contribution in [0.1, 0.15) is 106 Å². The third-order valence-electron chi connectivity index (χ3n) is 11.7. The first-order valence-electron chi connectivity index (χ1n) is 13.5. The Hall–Kier alpha value is -0.460. The molecule has 3 unspecified atom stereocenters. The average Bonchev–Trinajstić information content (AvgIpc) is 3.06. The van der Waals surface area contributed by atoms with Crippen LogP contribution < -0.4 is 0 Å². The molecule has 0 bridgehead atoms. The van der Waals surface area contributed by atoms with Crippen LogP contribution >= 0.6 is 0 Å². The molecule has 3 saturated carbocycles. The van der Waals surface area contributed by atoms with Gasteiger partial charge >= 0.3 is 0 Å². The van der Waals surface area contributed by atoms with E-state index in [0.29, 0.717) is 17.3 Å². The summed E-state index contributed by atoms with van der Waals surface area (Å²) in [6.45, 7) is 17.4. The zero-order chi connectivity index (χ0) is 21.8. The molecule has 1 N–H and O–H groups in total. The van der Waals surface area contributed by atoms with Crippen LogP contribution in [0.25, 0.3) is 0 Å². The molecule has 10 atom stereocenters. The first-order valence-corrected chi connectivity index (χ1v) is 13.5. The van der Waals surface area contributed by atoms with Crippen molar-refractivity contribution in [3.05, 3.63) is 11.8 Å². The second-order valence-corrected chi connectivity index (χ2v) is 13.1. The van der Waals surface area contributed by atoms with Gasteiger partial charge in [0.25, 0.3) is 0 Å². The highest BCUT2D eigenvalue weighted by Gasteiger charge is 2.62. The number of allylic oxidation sites excluding steroid dienone is 2. The molecule has 0 saturated heterocycles. The molecule has 1 nitrogen and oxygen atoms in total. The molecule has 172 valence electrons. The van der Waals surface area contributed by atoms with E-state index in [4.69, 9.17) is 0 Å². The highest BCUT2D eigenvalue weighted by atomic mass is 16.3. The van der Waals surface area contributed by atoms with Gasteiger partial charge in [0.15, 0.2) is 0 Å². The summed E-state index contributed by atoms with van der Waals surface area (Å²) in [5, 5.41) is 11.1. The molecule has 4 aliphatic rings. The number of hydrogen-bond donors (Lipinski definition) is 1. The monoisotopic (exact) mass is 414 g/mol. The molecule has 0 spiro atoms. The second-order valence-electron chi connectivity index (χ2n) is 13.1. The maximum Gasteiger partial charge on any atom is 0.0947 e. The Kier molecular flexibility index (Phi) is 6.17. The van der Waals surface area contributed by atoms with E-state index in [1.54, 1.807) is 0 Å². The fourth-order valence-corrected chi connectivity index (χ4v) is 9.35. The molecular formula is C29H50O. The predicted octanol–water partition coefficient (Wildman–Crippen LogP) is 8.65. The summed E-state index contributed by atoms with van der Waals surface area (Å²) in [6.07, 6.45) is 14.5. The smallest absolute Gasteiger partial charge is 0.0947 e. The van der Waals surface area contributed by atoms with Gasteiger partial charge in [-0.05, 0) is 110 Å². The Morgan fingerprint density at radius 2 is 1.63 bits per heavy atom. The lowest BCUT2D eigenvalue weighted by Crippen LogP contribution is -2.54. The lowest BCUT2D eigenvalue weighted by molar-refractivity contribution is -0.113. The van der Waals surface area contributed by atoms with E-state index in [9.17, 15) is 5.11 Å². The topological polar surface area (TPSA) is 20.2 Å². The number of fused-ring (bicyclic) bond motifs is 5. The highest BCUT2D eigenvalue weighted by Crippen LogP contribution is 2.69. The van der Waals surface area contributed by atoms with Crippen molar-refractivity contribution < 1.29 is 5.11 Å². The second kappa shape index (κ2) is 8.15. The minimum atomic E-state index is 0.0539. The zero-order valence-corrected chi connectivity index (χ0v) is 21.1. The summed E-state index contributed by atoms with van der Waals surface area (Å²) in [6, 6.07) is 0. The van der Waals surface area contributed by atoms with Crippen LogP contribution in [0.4, 0.5) is 0 Å². The number of aliphatic hydroxyl groups excluding tert-OH is 1. The SMILES string of the molecule is CC(C)C(C)CC[C@@H](C)[C@H]1CC[C@H]2[C@@H]3CCC4C(C)CC=C(O)[C@]4(C)[C@H]3CC[C@]12C. The summed E-state index contributed by atoms with van der Waals surface area (Å²) in [5.41, 5.74) is 0.600. The van der Waals surface area contributed by atoms with Crippen molar-refractivity contribution in [2.45, 2.75) is 106 Å². The van der Waals surface area contributed by atoms with Crippen molar-refractivity contribution in [3.63, 3.8) is 0 Å². The van der Waals surface area contributed by atoms with Crippen LogP contribution in [0.2, 0.25) is 0 Å². The Morgan fingerprint density at radius 3 is 2.33 bits per heavy atom. The molecule has 0 amide bonds. The first kappa shape index (κ1) is 22.7. The molecule has 30 heavy (non-hydrogen) atoms. The van der Waals surface area contributed by atoms with E-state index in [0.717, 1.165) is 53.6 Å². The van der Waals surface area contributed by atoms with Crippen molar-refractivity contribution in [2.75, 3.05) is 0 Å². The fraction of sp³-hybridized carbons (Fsp3) is 0.931. The van der Waals surface area contributed by atoms with E-state index >= 15 is 0 Å². The summed E-state index contributed by atoms with van der Waals surface area (Å²) in [7, 11) is 0. The lowest BCUT2D eigenvalue weighted by Gasteiger charge is -2.61. The van der Waals surface area contributed by atoms with E-state index in [2.05, 4.69) is 54.5 Å². The molecule has 4 rings (SSSR count). The van der Waals surface area contributed by atoms with Gasteiger partial charge < -0.3 is 5.11 Å². The molecule has 0 aromatic rings. The van der Waals surface area contributed by atoms with Gasteiger partial charge in [-0.2, -0.15) is 0 Å². The third kappa shape index (κ3) is 3.40. The molecule has 4 aliphatic carbocycles. The zero-order valence-electron chi connectivity index (χ0n) is 21.1. The maximum absolute atomic E-state index is 11.1. The van der Waals surface area contributed by atoms with Gasteiger partial charge in [-0.1, -0.05) is 61.3 Å². The molecule has 3 fully saturated rings. The largest absolute Gasteiger partial charge is 0.512 e. The minimum Gasteiger partial charge on any atom is -0.512 e. The van der Waals surface area contributed by atoms with Crippen LogP contribution in [0.5, 0.6) is 0 Å². The molecule has 1 heteroatoms. The molecule has 0 radical (unpaired) electrons. The number of aliphatic hydroxyl groups is 1. The predicted molar refractivity (Wildman–Crippen MR) is 128 cm³/mol. The van der Waals surface area contributed by atoms with E-state index in [1.807, 2.05) is 0 Å². The van der Waals surface area contributed by atoms with E-state index < -0.39 is 0 Å². The third-order valence-corrected chi connectivity index (χ3v) is 11.7. The van der Waals surface area contributed by atoms with Crippen molar-refractivity contribution in [3.8, 4) is 0 Å². The van der Waals surface area contributed by atoms with Gasteiger partial charge in [-0.25, -0.2) is 0 Å². The minimum absolute atomic E-state index is 0.0539. The molecule has 0 aromatic carbocycles. The maximum atomic E-state index is 11.1. The average molecular weight is 415 g/mol. The van der Waals surface area contributed by atoms with Crippen LogP contribution in [0.3, 0.4) is 0 Å². The lowest BCUT2D eigenvalue weighted by atomic mass is 9.44. The quantitative estimate of drug-likeness (QED) is 0.477. The van der Waals surface area contributed by atoms with Crippen molar-refractivity contribution in [1.82, 2.24) is 0 Å². The van der Waals surface area contributed by atoms with Crippen molar-refractivity contribution >= 4 is 0 Å². The first-order chi connectivity index (χ1) is 14.1. The van der Waals surface area contributed by atoms with E-state index in [-0.39, 0.29) is 5.41 Å². The number of rotatable bonds is 5. The molecule has 0 heterocycles. The van der Waals surface area contributed by atoms with Crippen LogP contribution in [-0.4, -0.2) is 5.11 Å². The Balaban J connectivity index is 1.51. The fourth-order valence-electron chi connectivity index (χ4n) is 9.35. The molecular weight excluding hydrogens is 364 g/mol. The summed E-state index contributed by atoms with van der Waals surface area (Å²) >= 11 is 0. The van der Waals surface area contributed by atoms with Crippen LogP contribution in [-0.2, 0) is 0 Å². The standard InChI is InChI=1S/C29H50O/c1-18(2)19(3)8-9-20(4)23-13-14-25-22-11-12-24-21(5)10-15-27(30)29(24,7)26(22)16-17-28(23,25)6/h15,18-26,30H,8-14,16-17H2,1-7H3/t19?,20-,21?,22+,23-,24?,25+,26+,28-,29+/m1/s1. The normalized spacial score (nSPS) is 47.8. The van der Waals surface area contributed by atoms with Gasteiger partial charge in [0.05, 0.1) is 5.76 Å². The van der Waals surface area contributed by atoms with Gasteiger partial charge in [0, 0.05) is 5.41 Å². The summed E-state index contributed by atoms with van der Waals surface area (Å²) in [4.78, 5) is 0. The Labute approximate surface area is 187 Å². The summed E-state index contributed by atoms with van der Waals surface area (Å²) in [5.74, 6) is 8.10. The van der Waals surface area contributed by atoms with Gasteiger partial charge in [0.2, 0.25) is 0 Å². The van der Waals surface area contributed by atoms with Crippen LogP contribution in [0.15, 0.2) is 11.8 Å². The van der Waals surface area contributed by atoms with Crippen molar-refractivity contribution in [2.24, 2.45) is 64.1 Å². The Bertz CT molecular complexity index is 649. The summed E-state index contributed by atoms with van der Waals surface area (Å²) < 4.78 is 0. The van der Waals surface area contributed by atoms with Gasteiger partial charge in [-0.15, -0.1) is 0 Å². The Morgan fingerprint density at radius 1 is 0.933 bits per heavy atom. The van der Waals surface area contributed by atoms with Gasteiger partial charge in [-0.3, -0.25) is 0 Å². The van der Waals surface area contributed by atoms with Crippen molar-refractivity contribution in [1.29, 1.82) is 0 Å². The highest BCUT2D eigenvalue weighted by molar-refractivity contribution is 5.20. The van der Waals surface area contributed by atoms with Gasteiger partial charge in [0.1, 0.15) is 0 Å². The molecule has 0 aliphatic heterocycles. The number of hydrogen-bond acceptors (Lipinski definition) is 1.